The molecule has 1 atom stereocenters. The quantitative estimate of drug-likeness (QED) is 0.751. The van der Waals surface area contributed by atoms with Gasteiger partial charge in [0.05, 0.1) is 23.9 Å². The summed E-state index contributed by atoms with van der Waals surface area (Å²) in [4.78, 5) is 26.4. The number of carbonyl (C=O) groups excluding carboxylic acids is 2. The van der Waals surface area contributed by atoms with Gasteiger partial charge in [-0.3, -0.25) is 4.90 Å². The molecule has 2 aromatic rings. The molecule has 29 heavy (non-hydrogen) atoms. The molecule has 152 valence electrons. The zero-order chi connectivity index (χ0) is 21.0. The van der Waals surface area contributed by atoms with Crippen LogP contribution in [0.5, 0.6) is 5.75 Å². The molecule has 0 bridgehead atoms. The minimum Gasteiger partial charge on any atom is -0.484 e. The predicted octanol–water partition coefficient (Wildman–Crippen LogP) is 3.56. The molecule has 6 nitrogen and oxygen atoms in total. The van der Waals surface area contributed by atoms with E-state index in [0.717, 1.165) is 0 Å². The molecule has 1 aliphatic heterocycles. The Balaban J connectivity index is 2.05. The highest BCUT2D eigenvalue weighted by Crippen LogP contribution is 2.32. The standard InChI is InChI=1S/C21H20F2N2O4/c1-3-28-20(26)18-16(12-29-17-10-5-4-9-15(17)23)25(2)21(27)24-19(18)13-7-6-8-14(22)11-13/h4-11,19H,3,12H2,1-2H3,(H,24,27)/t19-/m0/s1. The maximum atomic E-state index is 13.9. The van der Waals surface area contributed by atoms with E-state index in [2.05, 4.69) is 5.32 Å². The number of urea groups is 1. The Morgan fingerprint density at radius 3 is 2.62 bits per heavy atom. The van der Waals surface area contributed by atoms with Crippen molar-refractivity contribution in [2.45, 2.75) is 13.0 Å². The highest BCUT2D eigenvalue weighted by molar-refractivity contribution is 5.95. The van der Waals surface area contributed by atoms with Gasteiger partial charge < -0.3 is 14.8 Å². The number of benzene rings is 2. The van der Waals surface area contributed by atoms with Crippen LogP contribution in [0.1, 0.15) is 18.5 Å². The van der Waals surface area contributed by atoms with Crippen molar-refractivity contribution in [3.63, 3.8) is 0 Å². The van der Waals surface area contributed by atoms with Gasteiger partial charge in [0.1, 0.15) is 12.4 Å². The van der Waals surface area contributed by atoms with E-state index in [0.29, 0.717) is 5.56 Å². The van der Waals surface area contributed by atoms with E-state index in [1.165, 1.54) is 48.3 Å². The minimum atomic E-state index is -0.937. The average Bonchev–Trinajstić information content (AvgIpc) is 2.70. The van der Waals surface area contributed by atoms with Crippen molar-refractivity contribution in [2.75, 3.05) is 20.3 Å². The molecule has 3 rings (SSSR count). The lowest BCUT2D eigenvalue weighted by molar-refractivity contribution is -0.139. The first-order valence-corrected chi connectivity index (χ1v) is 8.99. The Morgan fingerprint density at radius 2 is 1.93 bits per heavy atom. The molecular formula is C21H20F2N2O4. The summed E-state index contributed by atoms with van der Waals surface area (Å²) in [6.45, 7) is 1.50. The second-order valence-electron chi connectivity index (χ2n) is 6.30. The Morgan fingerprint density at radius 1 is 1.17 bits per heavy atom. The lowest BCUT2D eigenvalue weighted by Crippen LogP contribution is -2.48. The molecule has 1 heterocycles. The molecule has 0 saturated heterocycles. The van der Waals surface area contributed by atoms with Crippen LogP contribution in [-0.2, 0) is 9.53 Å². The molecule has 1 aliphatic rings. The number of nitrogens with one attached hydrogen (secondary N) is 1. The van der Waals surface area contributed by atoms with Crippen molar-refractivity contribution >= 4 is 12.0 Å². The van der Waals surface area contributed by atoms with Gasteiger partial charge in [-0.1, -0.05) is 24.3 Å². The number of esters is 1. The van der Waals surface area contributed by atoms with Crippen LogP contribution in [0.4, 0.5) is 13.6 Å². The van der Waals surface area contributed by atoms with Gasteiger partial charge >= 0.3 is 12.0 Å². The summed E-state index contributed by atoms with van der Waals surface area (Å²) in [6.07, 6.45) is 0. The van der Waals surface area contributed by atoms with E-state index in [9.17, 15) is 18.4 Å². The van der Waals surface area contributed by atoms with Gasteiger partial charge in [0.2, 0.25) is 0 Å². The molecule has 2 aromatic carbocycles. The minimum absolute atomic E-state index is 0.0232. The van der Waals surface area contributed by atoms with Crippen LogP contribution in [0.25, 0.3) is 0 Å². The Labute approximate surface area is 166 Å². The molecule has 8 heteroatoms. The van der Waals surface area contributed by atoms with Gasteiger partial charge in [-0.15, -0.1) is 0 Å². The third-order valence-corrected chi connectivity index (χ3v) is 4.46. The fourth-order valence-corrected chi connectivity index (χ4v) is 3.03. The van der Waals surface area contributed by atoms with Gasteiger partial charge in [-0.05, 0) is 36.8 Å². The molecule has 1 N–H and O–H groups in total. The number of ether oxygens (including phenoxy) is 2. The average molecular weight is 402 g/mol. The SMILES string of the molecule is CCOC(=O)C1=C(COc2ccccc2F)N(C)C(=O)N[C@H]1c1cccc(F)c1. The van der Waals surface area contributed by atoms with E-state index in [1.807, 2.05) is 0 Å². The summed E-state index contributed by atoms with van der Waals surface area (Å²) in [5.41, 5.74) is 0.665. The molecule has 0 spiro atoms. The fraction of sp³-hybridized carbons (Fsp3) is 0.238. The third-order valence-electron chi connectivity index (χ3n) is 4.46. The van der Waals surface area contributed by atoms with Crippen molar-refractivity contribution in [2.24, 2.45) is 0 Å². The van der Waals surface area contributed by atoms with Crippen molar-refractivity contribution in [1.82, 2.24) is 10.2 Å². The topological polar surface area (TPSA) is 67.9 Å². The normalized spacial score (nSPS) is 16.5. The summed E-state index contributed by atoms with van der Waals surface area (Å²) >= 11 is 0. The van der Waals surface area contributed by atoms with Gasteiger partial charge in [0, 0.05) is 7.05 Å². The number of hydrogen-bond acceptors (Lipinski definition) is 4. The van der Waals surface area contributed by atoms with Gasteiger partial charge in [-0.2, -0.15) is 0 Å². The maximum absolute atomic E-state index is 13.9. The molecule has 0 aromatic heterocycles. The number of hydrogen-bond donors (Lipinski definition) is 1. The van der Waals surface area contributed by atoms with E-state index in [-0.39, 0.29) is 30.2 Å². The van der Waals surface area contributed by atoms with E-state index in [1.54, 1.807) is 19.1 Å². The van der Waals surface area contributed by atoms with Crippen molar-refractivity contribution in [3.05, 3.63) is 77.0 Å². The Hall–Kier alpha value is -3.42. The van der Waals surface area contributed by atoms with Crippen LogP contribution in [-0.4, -0.2) is 37.2 Å². The number of rotatable bonds is 6. The lowest BCUT2D eigenvalue weighted by atomic mass is 9.94. The molecule has 0 saturated carbocycles. The summed E-state index contributed by atoms with van der Waals surface area (Å²) in [5.74, 6) is -1.79. The number of nitrogens with zero attached hydrogens (tertiary/aromatic N) is 1. The van der Waals surface area contributed by atoms with Crippen molar-refractivity contribution in [1.29, 1.82) is 0 Å². The monoisotopic (exact) mass is 402 g/mol. The second kappa shape index (κ2) is 8.72. The maximum Gasteiger partial charge on any atom is 0.338 e. The molecule has 0 fully saturated rings. The first kappa shape index (κ1) is 20.3. The van der Waals surface area contributed by atoms with E-state index >= 15 is 0 Å². The summed E-state index contributed by atoms with van der Waals surface area (Å²) in [7, 11) is 1.45. The van der Waals surface area contributed by atoms with Crippen molar-refractivity contribution < 1.29 is 27.8 Å². The predicted molar refractivity (Wildman–Crippen MR) is 101 cm³/mol. The van der Waals surface area contributed by atoms with Crippen LogP contribution in [0.15, 0.2) is 59.8 Å². The fourth-order valence-electron chi connectivity index (χ4n) is 3.03. The zero-order valence-electron chi connectivity index (χ0n) is 15.9. The lowest BCUT2D eigenvalue weighted by Gasteiger charge is -2.34. The molecule has 0 radical (unpaired) electrons. The smallest absolute Gasteiger partial charge is 0.338 e. The first-order chi connectivity index (χ1) is 13.9. The Bertz CT molecular complexity index is 961. The molecule has 2 amide bonds. The Kier molecular flexibility index (Phi) is 6.11. The number of likely N-dealkylation sites (N-methyl/N-ethyl adjacent to an activating group) is 1. The van der Waals surface area contributed by atoms with Gasteiger partial charge in [0.15, 0.2) is 11.6 Å². The number of halogens is 2. The highest BCUT2D eigenvalue weighted by atomic mass is 19.1. The largest absolute Gasteiger partial charge is 0.484 e. The zero-order valence-corrected chi connectivity index (χ0v) is 15.9. The summed E-state index contributed by atoms with van der Waals surface area (Å²) in [5, 5.41) is 2.67. The van der Waals surface area contributed by atoms with Crippen LogP contribution in [0.3, 0.4) is 0 Å². The van der Waals surface area contributed by atoms with Crippen molar-refractivity contribution in [3.8, 4) is 5.75 Å². The van der Waals surface area contributed by atoms with Crippen LogP contribution in [0, 0.1) is 11.6 Å². The molecular weight excluding hydrogens is 382 g/mol. The highest BCUT2D eigenvalue weighted by Gasteiger charge is 2.37. The first-order valence-electron chi connectivity index (χ1n) is 8.99. The number of carbonyl (C=O) groups is 2. The van der Waals surface area contributed by atoms with Crippen LogP contribution < -0.4 is 10.1 Å². The number of para-hydroxylation sites is 1. The summed E-state index contributed by atoms with van der Waals surface area (Å²) < 4.78 is 38.4. The van der Waals surface area contributed by atoms with Gasteiger partial charge in [-0.25, -0.2) is 18.4 Å². The second-order valence-corrected chi connectivity index (χ2v) is 6.30. The summed E-state index contributed by atoms with van der Waals surface area (Å²) in [6, 6.07) is 9.91. The van der Waals surface area contributed by atoms with E-state index < -0.39 is 29.7 Å². The van der Waals surface area contributed by atoms with Gasteiger partial charge in [0.25, 0.3) is 0 Å². The molecule has 0 unspecified atom stereocenters. The molecule has 0 aliphatic carbocycles. The third kappa shape index (κ3) is 4.37. The van der Waals surface area contributed by atoms with E-state index in [4.69, 9.17) is 9.47 Å². The number of amides is 2. The van der Waals surface area contributed by atoms with Crippen LogP contribution >= 0.6 is 0 Å². The van der Waals surface area contributed by atoms with Crippen LogP contribution in [0.2, 0.25) is 0 Å².